The first-order valence-corrected chi connectivity index (χ1v) is 9.48. The fourth-order valence-electron chi connectivity index (χ4n) is 3.30. The molecule has 1 unspecified atom stereocenters. The van der Waals surface area contributed by atoms with E-state index in [9.17, 15) is 9.59 Å². The Kier molecular flexibility index (Phi) is 5.28. The number of rotatable bonds is 5. The Bertz CT molecular complexity index is 595. The lowest BCUT2D eigenvalue weighted by molar-refractivity contribution is 0.0660. The number of thiophene rings is 1. The van der Waals surface area contributed by atoms with Gasteiger partial charge in [0.25, 0.3) is 5.91 Å². The molecule has 7 heteroatoms. The molecule has 2 amide bonds. The second-order valence-corrected chi connectivity index (χ2v) is 7.05. The van der Waals surface area contributed by atoms with Crippen LogP contribution in [0.5, 0.6) is 5.75 Å². The third-order valence-electron chi connectivity index (χ3n) is 4.67. The van der Waals surface area contributed by atoms with Gasteiger partial charge >= 0.3 is 6.09 Å². The third-order valence-corrected chi connectivity index (χ3v) is 5.56. The van der Waals surface area contributed by atoms with Crippen molar-refractivity contribution in [3.8, 4) is 5.75 Å². The zero-order valence-electron chi connectivity index (χ0n) is 14.2. The van der Waals surface area contributed by atoms with Crippen molar-refractivity contribution in [3.63, 3.8) is 0 Å². The van der Waals surface area contributed by atoms with Crippen LogP contribution in [0.1, 0.15) is 42.8 Å². The summed E-state index contributed by atoms with van der Waals surface area (Å²) in [5.41, 5.74) is 0. The SMILES string of the molecule is CCOc1ccsc1C(=O)N1CCC(N2CC(CC)OC2=O)CC1. The van der Waals surface area contributed by atoms with Gasteiger partial charge in [0.2, 0.25) is 0 Å². The van der Waals surface area contributed by atoms with Gasteiger partial charge in [0.05, 0.1) is 13.2 Å². The molecular formula is C17H24N2O4S. The van der Waals surface area contributed by atoms with Crippen molar-refractivity contribution >= 4 is 23.3 Å². The van der Waals surface area contributed by atoms with E-state index in [1.165, 1.54) is 11.3 Å². The summed E-state index contributed by atoms with van der Waals surface area (Å²) >= 11 is 1.42. The predicted molar refractivity (Wildman–Crippen MR) is 91.7 cm³/mol. The summed E-state index contributed by atoms with van der Waals surface area (Å²) in [4.78, 5) is 29.0. The Hall–Kier alpha value is -1.76. The average Bonchev–Trinajstić information content (AvgIpc) is 3.21. The number of nitrogens with zero attached hydrogens (tertiary/aromatic N) is 2. The summed E-state index contributed by atoms with van der Waals surface area (Å²) in [5.74, 6) is 0.700. The number of carbonyl (C=O) groups excluding carboxylic acids is 2. The zero-order valence-corrected chi connectivity index (χ0v) is 15.0. The van der Waals surface area contributed by atoms with Crippen LogP contribution in [0.15, 0.2) is 11.4 Å². The van der Waals surface area contributed by atoms with Crippen molar-refractivity contribution < 1.29 is 19.1 Å². The number of piperidine rings is 1. The quantitative estimate of drug-likeness (QED) is 0.817. The van der Waals surface area contributed by atoms with Gasteiger partial charge in [-0.1, -0.05) is 6.92 Å². The molecule has 0 N–H and O–H groups in total. The first-order valence-electron chi connectivity index (χ1n) is 8.60. The van der Waals surface area contributed by atoms with Gasteiger partial charge < -0.3 is 19.3 Å². The van der Waals surface area contributed by atoms with Crippen molar-refractivity contribution in [1.82, 2.24) is 9.80 Å². The van der Waals surface area contributed by atoms with Gasteiger partial charge in [0.15, 0.2) is 0 Å². The number of amides is 2. The average molecular weight is 352 g/mol. The molecule has 3 rings (SSSR count). The van der Waals surface area contributed by atoms with Crippen molar-refractivity contribution in [2.75, 3.05) is 26.2 Å². The molecule has 2 fully saturated rings. The van der Waals surface area contributed by atoms with E-state index in [1.807, 2.05) is 35.1 Å². The van der Waals surface area contributed by atoms with Gasteiger partial charge in [0, 0.05) is 19.1 Å². The lowest BCUT2D eigenvalue weighted by atomic mass is 10.0. The van der Waals surface area contributed by atoms with Crippen molar-refractivity contribution in [1.29, 1.82) is 0 Å². The monoisotopic (exact) mass is 352 g/mol. The molecule has 0 radical (unpaired) electrons. The maximum atomic E-state index is 12.7. The van der Waals surface area contributed by atoms with Crippen molar-refractivity contribution in [3.05, 3.63) is 16.3 Å². The summed E-state index contributed by atoms with van der Waals surface area (Å²) in [6.45, 7) is 6.49. The van der Waals surface area contributed by atoms with Gasteiger partial charge in [0.1, 0.15) is 16.7 Å². The number of likely N-dealkylation sites (tertiary alicyclic amines) is 1. The van der Waals surface area contributed by atoms with E-state index in [0.717, 1.165) is 19.3 Å². The van der Waals surface area contributed by atoms with Gasteiger partial charge in [-0.2, -0.15) is 0 Å². The van der Waals surface area contributed by atoms with E-state index in [-0.39, 0.29) is 24.1 Å². The number of hydrogen-bond donors (Lipinski definition) is 0. The number of ether oxygens (including phenoxy) is 2. The van der Waals surface area contributed by atoms with Gasteiger partial charge in [-0.3, -0.25) is 4.79 Å². The van der Waals surface area contributed by atoms with Crippen LogP contribution < -0.4 is 4.74 Å². The minimum Gasteiger partial charge on any atom is -0.492 e. The number of hydrogen-bond acceptors (Lipinski definition) is 5. The highest BCUT2D eigenvalue weighted by Crippen LogP contribution is 2.29. The van der Waals surface area contributed by atoms with Crippen LogP contribution in [0.25, 0.3) is 0 Å². The first kappa shape index (κ1) is 17.1. The normalized spacial score (nSPS) is 21.9. The molecule has 1 aromatic rings. The molecule has 2 aliphatic heterocycles. The maximum Gasteiger partial charge on any atom is 0.410 e. The molecule has 3 heterocycles. The molecule has 2 saturated heterocycles. The lowest BCUT2D eigenvalue weighted by Gasteiger charge is -2.35. The molecule has 6 nitrogen and oxygen atoms in total. The summed E-state index contributed by atoms with van der Waals surface area (Å²) in [7, 11) is 0. The highest BCUT2D eigenvalue weighted by atomic mass is 32.1. The largest absolute Gasteiger partial charge is 0.492 e. The molecule has 0 bridgehead atoms. The summed E-state index contributed by atoms with van der Waals surface area (Å²) in [5, 5.41) is 1.89. The van der Waals surface area contributed by atoms with Crippen LogP contribution in [0.3, 0.4) is 0 Å². The van der Waals surface area contributed by atoms with E-state index in [1.54, 1.807) is 0 Å². The molecule has 0 aromatic carbocycles. The van der Waals surface area contributed by atoms with E-state index < -0.39 is 0 Å². The van der Waals surface area contributed by atoms with Crippen LogP contribution in [0, 0.1) is 0 Å². The van der Waals surface area contributed by atoms with E-state index in [2.05, 4.69) is 0 Å². The molecule has 0 aliphatic carbocycles. The maximum absolute atomic E-state index is 12.7. The molecule has 0 saturated carbocycles. The molecule has 0 spiro atoms. The van der Waals surface area contributed by atoms with Gasteiger partial charge in [-0.25, -0.2) is 4.79 Å². The second-order valence-electron chi connectivity index (χ2n) is 6.14. The minimum absolute atomic E-state index is 0.0111. The smallest absolute Gasteiger partial charge is 0.410 e. The van der Waals surface area contributed by atoms with Crippen molar-refractivity contribution in [2.24, 2.45) is 0 Å². The lowest BCUT2D eigenvalue weighted by Crippen LogP contribution is -2.47. The van der Waals surface area contributed by atoms with E-state index in [0.29, 0.717) is 36.9 Å². The number of carbonyl (C=O) groups is 2. The predicted octanol–water partition coefficient (Wildman–Crippen LogP) is 2.98. The van der Waals surface area contributed by atoms with E-state index in [4.69, 9.17) is 9.47 Å². The summed E-state index contributed by atoms with van der Waals surface area (Å²) in [6.07, 6.45) is 2.25. The fraction of sp³-hybridized carbons (Fsp3) is 0.647. The Morgan fingerprint density at radius 1 is 1.38 bits per heavy atom. The van der Waals surface area contributed by atoms with Crippen molar-refractivity contribution in [2.45, 2.75) is 45.3 Å². The van der Waals surface area contributed by atoms with Crippen LogP contribution in [-0.2, 0) is 4.74 Å². The van der Waals surface area contributed by atoms with Crippen LogP contribution >= 0.6 is 11.3 Å². The zero-order chi connectivity index (χ0) is 17.1. The Labute approximate surface area is 146 Å². The van der Waals surface area contributed by atoms with E-state index >= 15 is 0 Å². The molecule has 1 aromatic heterocycles. The Morgan fingerprint density at radius 2 is 2.12 bits per heavy atom. The second kappa shape index (κ2) is 7.42. The highest BCUT2D eigenvalue weighted by Gasteiger charge is 2.37. The topological polar surface area (TPSA) is 59.1 Å². The van der Waals surface area contributed by atoms with Crippen LogP contribution in [0.2, 0.25) is 0 Å². The molecule has 24 heavy (non-hydrogen) atoms. The Morgan fingerprint density at radius 3 is 2.75 bits per heavy atom. The molecule has 2 aliphatic rings. The molecular weight excluding hydrogens is 328 g/mol. The van der Waals surface area contributed by atoms with Gasteiger partial charge in [-0.05, 0) is 37.6 Å². The summed E-state index contributed by atoms with van der Waals surface area (Å²) in [6, 6.07) is 2.02. The molecule has 132 valence electrons. The molecule has 1 atom stereocenters. The summed E-state index contributed by atoms with van der Waals surface area (Å²) < 4.78 is 10.9. The third kappa shape index (κ3) is 3.36. The first-order chi connectivity index (χ1) is 11.6. The minimum atomic E-state index is -0.205. The van der Waals surface area contributed by atoms with Gasteiger partial charge in [-0.15, -0.1) is 11.3 Å². The van der Waals surface area contributed by atoms with Crippen LogP contribution in [-0.4, -0.2) is 60.2 Å². The number of cyclic esters (lactones) is 1. The van der Waals surface area contributed by atoms with Crippen LogP contribution in [0.4, 0.5) is 4.79 Å². The fourth-order valence-corrected chi connectivity index (χ4v) is 4.10. The standard InChI is InChI=1S/C17H24N2O4S/c1-3-13-11-19(17(21)23-13)12-5-8-18(9-6-12)16(20)15-14(22-4-2)7-10-24-15/h7,10,12-13H,3-6,8-9,11H2,1-2H3. The highest BCUT2D eigenvalue weighted by molar-refractivity contribution is 7.12. The Balaban J connectivity index is 1.58.